The van der Waals surface area contributed by atoms with Gasteiger partial charge in [-0.05, 0) is 36.4 Å². The van der Waals surface area contributed by atoms with Crippen molar-refractivity contribution in [1.29, 1.82) is 0 Å². The Bertz CT molecular complexity index is 1090. The van der Waals surface area contributed by atoms with Crippen molar-refractivity contribution in [3.63, 3.8) is 0 Å². The lowest BCUT2D eigenvalue weighted by molar-refractivity contribution is 0.104. The standard InChI is InChI=1S/C21H19NO6S/c23-17-7-9-18(10-8-17)29(27,28)22-21(26)13-12-16(20(25)14-21)6-11-19(24)15-4-2-1-3-5-15/h1-14,16,22-23,25-26H/b11-6+. The van der Waals surface area contributed by atoms with Gasteiger partial charge in [-0.15, -0.1) is 0 Å². The van der Waals surface area contributed by atoms with E-state index in [9.17, 15) is 28.5 Å². The normalized spacial score (nSPS) is 21.8. The van der Waals surface area contributed by atoms with Crippen LogP contribution in [0.5, 0.6) is 5.75 Å². The molecule has 7 nitrogen and oxygen atoms in total. The number of rotatable bonds is 6. The van der Waals surface area contributed by atoms with Crippen LogP contribution >= 0.6 is 0 Å². The van der Waals surface area contributed by atoms with E-state index in [2.05, 4.69) is 4.72 Å². The number of aliphatic hydroxyl groups is 2. The number of hydrogen-bond donors (Lipinski definition) is 4. The first-order chi connectivity index (χ1) is 13.7. The molecular formula is C21H19NO6S. The Labute approximate surface area is 168 Å². The maximum atomic E-state index is 12.4. The fourth-order valence-corrected chi connectivity index (χ4v) is 3.90. The fourth-order valence-electron chi connectivity index (χ4n) is 2.73. The first-order valence-corrected chi connectivity index (χ1v) is 10.1. The first kappa shape index (κ1) is 20.5. The smallest absolute Gasteiger partial charge is 0.243 e. The second kappa shape index (κ2) is 8.04. The highest BCUT2D eigenvalue weighted by molar-refractivity contribution is 7.89. The van der Waals surface area contributed by atoms with Crippen LogP contribution in [0.4, 0.5) is 0 Å². The second-order valence-corrected chi connectivity index (χ2v) is 8.15. The van der Waals surface area contributed by atoms with Crippen LogP contribution in [0.1, 0.15) is 10.4 Å². The van der Waals surface area contributed by atoms with Gasteiger partial charge in [-0.2, -0.15) is 4.72 Å². The number of phenolic OH excluding ortho intramolecular Hbond substituents is 1. The monoisotopic (exact) mass is 413 g/mol. The van der Waals surface area contributed by atoms with Crippen LogP contribution in [0.3, 0.4) is 0 Å². The minimum Gasteiger partial charge on any atom is -0.512 e. The molecule has 150 valence electrons. The number of benzene rings is 2. The Kier molecular flexibility index (Phi) is 5.69. The number of nitrogens with one attached hydrogen (secondary N) is 1. The Balaban J connectivity index is 1.73. The number of carbonyl (C=O) groups excluding carboxylic acids is 1. The van der Waals surface area contributed by atoms with Gasteiger partial charge >= 0.3 is 0 Å². The molecule has 0 spiro atoms. The molecule has 1 aliphatic rings. The third-order valence-corrected chi connectivity index (χ3v) is 5.71. The molecule has 0 saturated heterocycles. The highest BCUT2D eigenvalue weighted by Gasteiger charge is 2.32. The first-order valence-electron chi connectivity index (χ1n) is 8.63. The van der Waals surface area contributed by atoms with E-state index < -0.39 is 21.7 Å². The van der Waals surface area contributed by atoms with Gasteiger partial charge < -0.3 is 15.3 Å². The van der Waals surface area contributed by atoms with Crippen LogP contribution in [-0.2, 0) is 10.0 Å². The van der Waals surface area contributed by atoms with Gasteiger partial charge in [0.05, 0.1) is 10.8 Å². The van der Waals surface area contributed by atoms with E-state index >= 15 is 0 Å². The molecule has 8 heteroatoms. The van der Waals surface area contributed by atoms with Crippen molar-refractivity contribution in [2.75, 3.05) is 0 Å². The lowest BCUT2D eigenvalue weighted by atomic mass is 9.95. The number of aliphatic hydroxyl groups excluding tert-OH is 1. The number of ketones is 1. The topological polar surface area (TPSA) is 124 Å². The average molecular weight is 413 g/mol. The number of carbonyl (C=O) groups is 1. The Hall–Kier alpha value is -3.20. The zero-order valence-electron chi connectivity index (χ0n) is 15.1. The number of phenols is 1. The van der Waals surface area contributed by atoms with Gasteiger partial charge in [-0.3, -0.25) is 4.79 Å². The van der Waals surface area contributed by atoms with E-state index in [1.54, 1.807) is 30.3 Å². The average Bonchev–Trinajstić information content (AvgIpc) is 2.67. The molecule has 29 heavy (non-hydrogen) atoms. The van der Waals surface area contributed by atoms with Gasteiger partial charge in [0.2, 0.25) is 10.0 Å². The fraction of sp³-hybridized carbons (Fsp3) is 0.0952. The summed E-state index contributed by atoms with van der Waals surface area (Å²) in [5.74, 6) is -1.36. The number of aromatic hydroxyl groups is 1. The third kappa shape index (κ3) is 5.00. The molecule has 2 aromatic carbocycles. The summed E-state index contributed by atoms with van der Waals surface area (Å²) in [6.07, 6.45) is 6.26. The highest BCUT2D eigenvalue weighted by atomic mass is 32.2. The lowest BCUT2D eigenvalue weighted by Crippen LogP contribution is -2.46. The van der Waals surface area contributed by atoms with Crippen LogP contribution in [0.25, 0.3) is 0 Å². The largest absolute Gasteiger partial charge is 0.512 e. The lowest BCUT2D eigenvalue weighted by Gasteiger charge is -2.27. The molecule has 0 radical (unpaired) electrons. The summed E-state index contributed by atoms with van der Waals surface area (Å²) >= 11 is 0. The summed E-state index contributed by atoms with van der Waals surface area (Å²) in [7, 11) is -4.13. The summed E-state index contributed by atoms with van der Waals surface area (Å²) in [4.78, 5) is 12.0. The molecule has 0 aliphatic heterocycles. The van der Waals surface area contributed by atoms with Crippen LogP contribution in [0.2, 0.25) is 0 Å². The van der Waals surface area contributed by atoms with Crippen molar-refractivity contribution in [2.45, 2.75) is 10.6 Å². The summed E-state index contributed by atoms with van der Waals surface area (Å²) in [6, 6.07) is 13.3. The minimum absolute atomic E-state index is 0.0996. The SMILES string of the molecule is O=C(/C=C/C1C=CC(O)(NS(=O)(=O)c2ccc(O)cc2)C=C1O)c1ccccc1. The molecule has 0 amide bonds. The molecule has 2 atom stereocenters. The molecule has 2 aromatic rings. The van der Waals surface area contributed by atoms with Crippen molar-refractivity contribution < 1.29 is 28.5 Å². The maximum Gasteiger partial charge on any atom is 0.243 e. The van der Waals surface area contributed by atoms with Crippen molar-refractivity contribution in [3.8, 4) is 5.75 Å². The van der Waals surface area contributed by atoms with Gasteiger partial charge in [0, 0.05) is 11.6 Å². The molecule has 2 unspecified atom stereocenters. The highest BCUT2D eigenvalue weighted by Crippen LogP contribution is 2.25. The van der Waals surface area contributed by atoms with Crippen LogP contribution < -0.4 is 4.72 Å². The molecule has 4 N–H and O–H groups in total. The maximum absolute atomic E-state index is 12.4. The zero-order valence-corrected chi connectivity index (χ0v) is 16.0. The third-order valence-electron chi connectivity index (χ3n) is 4.23. The minimum atomic E-state index is -4.13. The van der Waals surface area contributed by atoms with Gasteiger partial charge in [-0.1, -0.05) is 42.5 Å². The Morgan fingerprint density at radius 1 is 1.03 bits per heavy atom. The van der Waals surface area contributed by atoms with E-state index in [-0.39, 0.29) is 22.2 Å². The molecule has 0 bridgehead atoms. The molecule has 0 heterocycles. The number of hydrogen-bond acceptors (Lipinski definition) is 6. The summed E-state index contributed by atoms with van der Waals surface area (Å²) < 4.78 is 26.9. The van der Waals surface area contributed by atoms with Gasteiger partial charge in [0.15, 0.2) is 11.5 Å². The van der Waals surface area contributed by atoms with Gasteiger partial charge in [0.25, 0.3) is 0 Å². The zero-order chi connectivity index (χ0) is 21.1. The summed E-state index contributed by atoms with van der Waals surface area (Å²) in [6.45, 7) is 0. The van der Waals surface area contributed by atoms with E-state index in [1.807, 2.05) is 0 Å². The Morgan fingerprint density at radius 2 is 1.69 bits per heavy atom. The van der Waals surface area contributed by atoms with E-state index in [1.165, 1.54) is 48.6 Å². The number of allylic oxidation sites excluding steroid dienone is 2. The molecule has 0 aromatic heterocycles. The van der Waals surface area contributed by atoms with Crippen LogP contribution in [0.15, 0.2) is 95.6 Å². The second-order valence-electron chi connectivity index (χ2n) is 6.47. The summed E-state index contributed by atoms with van der Waals surface area (Å²) in [5.41, 5.74) is -1.65. The van der Waals surface area contributed by atoms with Gasteiger partial charge in [0.1, 0.15) is 11.5 Å². The predicted molar refractivity (Wildman–Crippen MR) is 107 cm³/mol. The quantitative estimate of drug-likeness (QED) is 0.250. The van der Waals surface area contributed by atoms with E-state index in [4.69, 9.17) is 0 Å². The van der Waals surface area contributed by atoms with Crippen LogP contribution in [0, 0.1) is 5.92 Å². The molecular weight excluding hydrogens is 394 g/mol. The van der Waals surface area contributed by atoms with Crippen molar-refractivity contribution >= 4 is 15.8 Å². The number of sulfonamides is 1. The van der Waals surface area contributed by atoms with Crippen molar-refractivity contribution in [1.82, 2.24) is 4.72 Å². The van der Waals surface area contributed by atoms with E-state index in [0.29, 0.717) is 5.56 Å². The van der Waals surface area contributed by atoms with Crippen molar-refractivity contribution in [2.24, 2.45) is 5.92 Å². The molecule has 0 fully saturated rings. The van der Waals surface area contributed by atoms with Crippen molar-refractivity contribution in [3.05, 3.63) is 96.3 Å². The molecule has 1 aliphatic carbocycles. The summed E-state index contributed by atoms with van der Waals surface area (Å²) in [5, 5.41) is 30.0. The molecule has 3 rings (SSSR count). The van der Waals surface area contributed by atoms with Crippen LogP contribution in [-0.4, -0.2) is 35.2 Å². The van der Waals surface area contributed by atoms with E-state index in [0.717, 1.165) is 6.08 Å². The Morgan fingerprint density at radius 3 is 2.31 bits per heavy atom. The van der Waals surface area contributed by atoms with Gasteiger partial charge in [-0.25, -0.2) is 8.42 Å². The predicted octanol–water partition coefficient (Wildman–Crippen LogP) is 2.43. The molecule has 0 saturated carbocycles.